The number of carbonyl (C=O) groups is 1. The average molecular weight is 558 g/mol. The predicted octanol–water partition coefficient (Wildman–Crippen LogP) is 2.24. The first-order valence-corrected chi connectivity index (χ1v) is 12.8. The Labute approximate surface area is 233 Å². The van der Waals surface area contributed by atoms with Crippen LogP contribution in [0.2, 0.25) is 0 Å². The number of nitrogens with one attached hydrogen (secondary N) is 3. The molecule has 0 atom stereocenters. The first kappa shape index (κ1) is 27.4. The van der Waals surface area contributed by atoms with Crippen molar-refractivity contribution < 1.29 is 9.18 Å². The number of rotatable bonds is 4. The van der Waals surface area contributed by atoms with Gasteiger partial charge in [0.1, 0.15) is 11.6 Å². The van der Waals surface area contributed by atoms with Gasteiger partial charge in [-0.15, -0.1) is 0 Å². The van der Waals surface area contributed by atoms with Gasteiger partial charge in [-0.3, -0.25) is 19.3 Å². The number of pyridine rings is 2. The Kier molecular flexibility index (Phi) is 7.97. The lowest BCUT2D eigenvalue weighted by Crippen LogP contribution is -2.44. The Morgan fingerprint density at radius 1 is 0.951 bits per heavy atom. The molecule has 0 radical (unpaired) electrons. The Balaban J connectivity index is 0.000000321. The molecule has 1 aliphatic heterocycles. The van der Waals surface area contributed by atoms with Crippen LogP contribution in [0.3, 0.4) is 0 Å². The average Bonchev–Trinajstić information content (AvgIpc) is 3.42. The maximum absolute atomic E-state index is 12.9. The van der Waals surface area contributed by atoms with Gasteiger partial charge in [-0.2, -0.15) is 9.49 Å². The molecule has 1 amide bonds. The molecule has 41 heavy (non-hydrogen) atoms. The van der Waals surface area contributed by atoms with E-state index in [4.69, 9.17) is 0 Å². The normalized spacial score (nSPS) is 13.5. The third-order valence-corrected chi connectivity index (χ3v) is 6.61. The minimum Gasteiger partial charge on any atom is -0.354 e. The van der Waals surface area contributed by atoms with Crippen molar-refractivity contribution >= 4 is 28.3 Å². The number of halogens is 1. The largest absolute Gasteiger partial charge is 0.354 e. The van der Waals surface area contributed by atoms with Crippen LogP contribution in [0, 0.1) is 5.82 Å². The van der Waals surface area contributed by atoms with Crippen LogP contribution in [0.5, 0.6) is 0 Å². The quantitative estimate of drug-likeness (QED) is 0.305. The molecule has 0 bridgehead atoms. The van der Waals surface area contributed by atoms with E-state index < -0.39 is 17.1 Å². The molecule has 0 unspecified atom stereocenters. The van der Waals surface area contributed by atoms with Crippen LogP contribution < -0.4 is 21.5 Å². The van der Waals surface area contributed by atoms with Crippen molar-refractivity contribution in [1.29, 1.82) is 0 Å². The van der Waals surface area contributed by atoms with Gasteiger partial charge in [0.2, 0.25) is 5.82 Å². The summed E-state index contributed by atoms with van der Waals surface area (Å²) >= 11 is 0. The van der Waals surface area contributed by atoms with Gasteiger partial charge in [0.05, 0.1) is 6.20 Å². The summed E-state index contributed by atoms with van der Waals surface area (Å²) in [6.07, 6.45) is 8.00. The van der Waals surface area contributed by atoms with E-state index in [1.807, 2.05) is 42.6 Å². The van der Waals surface area contributed by atoms with E-state index in [2.05, 4.69) is 49.4 Å². The highest BCUT2D eigenvalue weighted by Crippen LogP contribution is 2.25. The molecule has 5 aromatic rings. The van der Waals surface area contributed by atoms with Crippen molar-refractivity contribution in [3.63, 3.8) is 0 Å². The molecule has 0 aliphatic carbocycles. The molecule has 0 spiro atoms. The highest BCUT2D eigenvalue weighted by molar-refractivity contribution is 6.05. The number of likely N-dealkylation sites (N-methyl/N-ethyl adjacent to an activating group) is 1. The highest BCUT2D eigenvalue weighted by atomic mass is 19.1. The number of aryl methyl sites for hydroxylation is 1. The monoisotopic (exact) mass is 557 g/mol. The first-order chi connectivity index (χ1) is 19.7. The molecule has 1 aromatic carbocycles. The molecule has 1 aliphatic rings. The predicted molar refractivity (Wildman–Crippen MR) is 153 cm³/mol. The van der Waals surface area contributed by atoms with Crippen molar-refractivity contribution in [2.24, 2.45) is 7.05 Å². The third kappa shape index (κ3) is 6.70. The number of hydrogen-bond acceptors (Lipinski definition) is 8. The van der Waals surface area contributed by atoms with Gasteiger partial charge >= 0.3 is 5.69 Å². The van der Waals surface area contributed by atoms with Crippen LogP contribution in [0.15, 0.2) is 77.0 Å². The van der Waals surface area contributed by atoms with Crippen LogP contribution >= 0.6 is 0 Å². The number of amides is 1. The smallest absolute Gasteiger partial charge is 0.325 e. The van der Waals surface area contributed by atoms with Gasteiger partial charge in [0, 0.05) is 74.5 Å². The molecule has 3 N–H and O–H groups in total. The number of aromatic amines is 2. The molecule has 13 heteroatoms. The van der Waals surface area contributed by atoms with Gasteiger partial charge in [-0.1, -0.05) is 12.1 Å². The topological polar surface area (TPSA) is 145 Å². The number of benzene rings is 1. The van der Waals surface area contributed by atoms with Crippen molar-refractivity contribution in [1.82, 2.24) is 34.6 Å². The summed E-state index contributed by atoms with van der Waals surface area (Å²) in [5, 5.41) is 9.19. The molecule has 12 nitrogen and oxygen atoms in total. The maximum atomic E-state index is 12.9. The minimum atomic E-state index is -1.00. The summed E-state index contributed by atoms with van der Waals surface area (Å²) in [5.74, 6) is 0.162. The summed E-state index contributed by atoms with van der Waals surface area (Å²) in [6, 6.07) is 11.6. The van der Waals surface area contributed by atoms with Crippen LogP contribution in [0.1, 0.15) is 10.4 Å². The Morgan fingerprint density at radius 2 is 1.76 bits per heavy atom. The Morgan fingerprint density at radius 3 is 2.46 bits per heavy atom. The number of aromatic nitrogens is 6. The first-order valence-electron chi connectivity index (χ1n) is 12.8. The lowest BCUT2D eigenvalue weighted by Gasteiger charge is -2.33. The zero-order valence-corrected chi connectivity index (χ0v) is 22.5. The summed E-state index contributed by atoms with van der Waals surface area (Å²) in [7, 11) is 4.02. The van der Waals surface area contributed by atoms with Gasteiger partial charge < -0.3 is 20.1 Å². The number of H-pyrrole nitrogens is 2. The van der Waals surface area contributed by atoms with Gasteiger partial charge in [0.25, 0.3) is 11.5 Å². The van der Waals surface area contributed by atoms with E-state index in [9.17, 15) is 18.8 Å². The number of piperazine rings is 1. The number of fused-ring (bicyclic) bond motifs is 1. The molecule has 6 rings (SSSR count). The van der Waals surface area contributed by atoms with Crippen molar-refractivity contribution in [2.45, 2.75) is 0 Å². The molecule has 0 saturated carbocycles. The van der Waals surface area contributed by atoms with E-state index >= 15 is 0 Å². The zero-order chi connectivity index (χ0) is 28.9. The number of carbonyl (C=O) groups excluding carboxylic acids is 1. The molecular weight excluding hydrogens is 529 g/mol. The third-order valence-electron chi connectivity index (χ3n) is 6.61. The Bertz CT molecular complexity index is 1810. The second kappa shape index (κ2) is 11.9. The van der Waals surface area contributed by atoms with E-state index in [0.717, 1.165) is 53.9 Å². The van der Waals surface area contributed by atoms with Crippen LogP contribution in [-0.4, -0.2) is 73.8 Å². The lowest BCUT2D eigenvalue weighted by molar-refractivity contribution is 0.102. The fraction of sp³-hybridized carbons (Fsp3) is 0.214. The zero-order valence-electron chi connectivity index (χ0n) is 22.5. The molecule has 4 aromatic heterocycles. The van der Waals surface area contributed by atoms with Gasteiger partial charge in [0.15, 0.2) is 0 Å². The second-order valence-corrected chi connectivity index (χ2v) is 9.60. The molecule has 1 saturated heterocycles. The SMILES string of the molecule is CN1CCN(c2cc(C(=O)Nc3cc4cc(-c5cnn(C)c5)ccc4cn3)ccn2)CC1.O=c1[nH]cc(F)c(=O)[nH]1. The minimum absolute atomic E-state index is 0.196. The summed E-state index contributed by atoms with van der Waals surface area (Å²) < 4.78 is 13.8. The standard InChI is InChI=1S/C24H25N7O.C4H3FN2O2/c1-29-7-9-31(10-8-29)23-13-18(5-6-25-23)24(32)28-22-12-20-11-17(3-4-19(20)14-26-22)21-15-27-30(2)16-21;5-2-1-6-4(9)7-3(2)8/h3-6,11-16H,7-10H2,1-2H3,(H,26,28,32);1H,(H2,6,7,8,9). The van der Waals surface area contributed by atoms with E-state index in [1.165, 1.54) is 0 Å². The molecular formula is C28H28FN9O3. The van der Waals surface area contributed by atoms with E-state index in [-0.39, 0.29) is 5.91 Å². The van der Waals surface area contributed by atoms with Crippen molar-refractivity contribution in [3.8, 4) is 11.1 Å². The van der Waals surface area contributed by atoms with E-state index in [0.29, 0.717) is 17.6 Å². The number of anilines is 2. The van der Waals surface area contributed by atoms with Crippen LogP contribution in [0.25, 0.3) is 21.9 Å². The summed E-state index contributed by atoms with van der Waals surface area (Å²) in [6.45, 7) is 3.78. The van der Waals surface area contributed by atoms with Crippen LogP contribution in [-0.2, 0) is 7.05 Å². The number of hydrogen-bond donors (Lipinski definition) is 3. The highest BCUT2D eigenvalue weighted by Gasteiger charge is 2.17. The van der Waals surface area contributed by atoms with E-state index in [1.54, 1.807) is 28.1 Å². The molecule has 5 heterocycles. The van der Waals surface area contributed by atoms with Gasteiger partial charge in [-0.05, 0) is 42.3 Å². The lowest BCUT2D eigenvalue weighted by atomic mass is 10.1. The maximum Gasteiger partial charge on any atom is 0.325 e. The van der Waals surface area contributed by atoms with Crippen molar-refractivity contribution in [2.75, 3.05) is 43.4 Å². The summed E-state index contributed by atoms with van der Waals surface area (Å²) in [5.41, 5.74) is 0.977. The van der Waals surface area contributed by atoms with Crippen molar-refractivity contribution in [3.05, 3.63) is 99.6 Å². The molecule has 210 valence electrons. The number of nitrogens with zero attached hydrogens (tertiary/aromatic N) is 6. The fourth-order valence-corrected chi connectivity index (χ4v) is 4.31. The fourth-order valence-electron chi connectivity index (χ4n) is 4.31. The Hall–Kier alpha value is -5.17. The molecule has 1 fully saturated rings. The summed E-state index contributed by atoms with van der Waals surface area (Å²) in [4.78, 5) is 50.3. The van der Waals surface area contributed by atoms with Gasteiger partial charge in [-0.25, -0.2) is 14.8 Å². The second-order valence-electron chi connectivity index (χ2n) is 9.60. The van der Waals surface area contributed by atoms with Crippen LogP contribution in [0.4, 0.5) is 16.0 Å².